The first kappa shape index (κ1) is 20.9. The molecule has 0 aliphatic rings. The highest BCUT2D eigenvalue weighted by Gasteiger charge is 2.04. The van der Waals surface area contributed by atoms with E-state index in [4.69, 9.17) is 4.84 Å². The minimum Gasteiger partial charge on any atom is -0.269 e. The van der Waals surface area contributed by atoms with Crippen molar-refractivity contribution in [1.29, 1.82) is 0 Å². The first-order chi connectivity index (χ1) is 13.3. The molecule has 0 spiro atoms. The molecule has 0 fully saturated rings. The molecule has 0 saturated heterocycles. The lowest BCUT2D eigenvalue weighted by atomic mass is 10.1. The van der Waals surface area contributed by atoms with E-state index in [1.807, 2.05) is 54.6 Å². The number of hydroxylamine groups is 1. The molecule has 1 amide bonds. The Kier molecular flexibility index (Phi) is 9.98. The van der Waals surface area contributed by atoms with Crippen LogP contribution in [0.25, 0.3) is 6.08 Å². The van der Waals surface area contributed by atoms with Crippen LogP contribution in [0.1, 0.15) is 73.4 Å². The summed E-state index contributed by atoms with van der Waals surface area (Å²) in [6, 6.07) is 17.3. The Morgan fingerprint density at radius 1 is 0.926 bits per heavy atom. The first-order valence-electron chi connectivity index (χ1n) is 10.0. The van der Waals surface area contributed by atoms with Crippen molar-refractivity contribution in [2.75, 3.05) is 0 Å². The number of unbranched alkanes of at least 4 members (excludes halogenated alkanes) is 6. The van der Waals surface area contributed by atoms with Gasteiger partial charge in [0, 0.05) is 5.56 Å². The average Bonchev–Trinajstić information content (AvgIpc) is 2.71. The maximum absolute atomic E-state index is 12.1. The van der Waals surface area contributed by atoms with E-state index in [1.54, 1.807) is 0 Å². The standard InChI is InChI=1S/C24H31NO2/c1-2-3-4-5-6-7-8-10-13-21-16-18-23(19-17-21)24(26)25-27-20-22-14-11-9-12-15-22/h9-19H,2-8,20H2,1H3,(H,25,26)/b13-10+. The third kappa shape index (κ3) is 8.69. The van der Waals surface area contributed by atoms with Crippen molar-refractivity contribution in [3.05, 3.63) is 77.4 Å². The van der Waals surface area contributed by atoms with Gasteiger partial charge < -0.3 is 0 Å². The maximum Gasteiger partial charge on any atom is 0.274 e. The van der Waals surface area contributed by atoms with E-state index in [9.17, 15) is 4.79 Å². The van der Waals surface area contributed by atoms with Crippen LogP contribution in [0.4, 0.5) is 0 Å². The van der Waals surface area contributed by atoms with Crippen LogP contribution in [0.15, 0.2) is 60.7 Å². The number of benzene rings is 2. The first-order valence-corrected chi connectivity index (χ1v) is 10.0. The van der Waals surface area contributed by atoms with Crippen LogP contribution in [0.5, 0.6) is 0 Å². The summed E-state index contributed by atoms with van der Waals surface area (Å²) in [5.41, 5.74) is 5.22. The van der Waals surface area contributed by atoms with Crippen molar-refractivity contribution in [3.8, 4) is 0 Å². The van der Waals surface area contributed by atoms with E-state index < -0.39 is 0 Å². The average molecular weight is 366 g/mol. The van der Waals surface area contributed by atoms with Gasteiger partial charge in [0.2, 0.25) is 0 Å². The molecule has 144 valence electrons. The SMILES string of the molecule is CCCCCCCC/C=C/c1ccc(C(=O)NOCc2ccccc2)cc1. The summed E-state index contributed by atoms with van der Waals surface area (Å²) in [7, 11) is 0. The lowest BCUT2D eigenvalue weighted by Gasteiger charge is -2.06. The smallest absolute Gasteiger partial charge is 0.269 e. The predicted molar refractivity (Wildman–Crippen MR) is 112 cm³/mol. The predicted octanol–water partition coefficient (Wildman–Crippen LogP) is 6.31. The Morgan fingerprint density at radius 2 is 1.63 bits per heavy atom. The summed E-state index contributed by atoms with van der Waals surface area (Å²) < 4.78 is 0. The molecule has 0 aliphatic carbocycles. The van der Waals surface area contributed by atoms with E-state index in [-0.39, 0.29) is 5.91 Å². The van der Waals surface area contributed by atoms with Gasteiger partial charge in [-0.15, -0.1) is 0 Å². The van der Waals surface area contributed by atoms with Gasteiger partial charge in [0.1, 0.15) is 0 Å². The van der Waals surface area contributed by atoms with Crippen molar-refractivity contribution in [2.45, 2.75) is 58.5 Å². The quantitative estimate of drug-likeness (QED) is 0.353. The van der Waals surface area contributed by atoms with Crippen LogP contribution in [0, 0.1) is 0 Å². The molecule has 27 heavy (non-hydrogen) atoms. The van der Waals surface area contributed by atoms with Gasteiger partial charge in [-0.2, -0.15) is 0 Å². The number of rotatable bonds is 12. The van der Waals surface area contributed by atoms with Crippen LogP contribution in [-0.2, 0) is 11.4 Å². The number of hydrogen-bond donors (Lipinski definition) is 1. The summed E-state index contributed by atoms with van der Waals surface area (Å²) in [5.74, 6) is -0.228. The molecular weight excluding hydrogens is 334 g/mol. The lowest BCUT2D eigenvalue weighted by Crippen LogP contribution is -2.23. The summed E-state index contributed by atoms with van der Waals surface area (Å²) in [4.78, 5) is 17.4. The molecular formula is C24H31NO2. The topological polar surface area (TPSA) is 38.3 Å². The van der Waals surface area contributed by atoms with Crippen LogP contribution in [0.3, 0.4) is 0 Å². The van der Waals surface area contributed by atoms with E-state index in [0.29, 0.717) is 12.2 Å². The van der Waals surface area contributed by atoms with E-state index in [0.717, 1.165) is 17.5 Å². The lowest BCUT2D eigenvalue weighted by molar-refractivity contribution is 0.0233. The molecule has 2 aromatic rings. The van der Waals surface area contributed by atoms with Gasteiger partial charge in [-0.05, 0) is 36.1 Å². The summed E-state index contributed by atoms with van der Waals surface area (Å²) in [6.45, 7) is 2.60. The molecule has 0 aromatic heterocycles. The summed E-state index contributed by atoms with van der Waals surface area (Å²) >= 11 is 0. The van der Waals surface area contributed by atoms with Crippen LogP contribution in [-0.4, -0.2) is 5.91 Å². The fourth-order valence-electron chi connectivity index (χ4n) is 2.83. The van der Waals surface area contributed by atoms with Crippen molar-refractivity contribution in [1.82, 2.24) is 5.48 Å². The Bertz CT molecular complexity index is 677. The van der Waals surface area contributed by atoms with Gasteiger partial charge in [-0.1, -0.05) is 93.6 Å². The zero-order valence-corrected chi connectivity index (χ0v) is 16.3. The third-order valence-corrected chi connectivity index (χ3v) is 4.45. The molecule has 0 unspecified atom stereocenters. The van der Waals surface area contributed by atoms with Crippen molar-refractivity contribution < 1.29 is 9.63 Å². The minimum absolute atomic E-state index is 0.228. The number of carbonyl (C=O) groups is 1. The highest BCUT2D eigenvalue weighted by molar-refractivity contribution is 5.93. The Hall–Kier alpha value is -2.39. The second-order valence-electron chi connectivity index (χ2n) is 6.79. The van der Waals surface area contributed by atoms with E-state index >= 15 is 0 Å². The normalized spacial score (nSPS) is 11.0. The molecule has 0 aliphatic heterocycles. The number of hydrogen-bond acceptors (Lipinski definition) is 2. The van der Waals surface area contributed by atoms with Crippen molar-refractivity contribution in [2.24, 2.45) is 0 Å². The zero-order valence-electron chi connectivity index (χ0n) is 16.3. The molecule has 0 saturated carbocycles. The second-order valence-corrected chi connectivity index (χ2v) is 6.79. The highest BCUT2D eigenvalue weighted by atomic mass is 16.6. The van der Waals surface area contributed by atoms with Crippen molar-refractivity contribution in [3.63, 3.8) is 0 Å². The van der Waals surface area contributed by atoms with Gasteiger partial charge >= 0.3 is 0 Å². The highest BCUT2D eigenvalue weighted by Crippen LogP contribution is 2.10. The second kappa shape index (κ2) is 12.9. The summed E-state index contributed by atoms with van der Waals surface area (Å²) in [6.07, 6.45) is 13.4. The van der Waals surface area contributed by atoms with Gasteiger partial charge in [0.25, 0.3) is 5.91 Å². The van der Waals surface area contributed by atoms with Gasteiger partial charge in [0.05, 0.1) is 6.61 Å². The largest absolute Gasteiger partial charge is 0.274 e. The van der Waals surface area contributed by atoms with Crippen molar-refractivity contribution >= 4 is 12.0 Å². The van der Waals surface area contributed by atoms with Gasteiger partial charge in [-0.3, -0.25) is 9.63 Å². The molecule has 0 bridgehead atoms. The fraction of sp³-hybridized carbons (Fsp3) is 0.375. The molecule has 3 heteroatoms. The zero-order chi connectivity index (χ0) is 19.2. The van der Waals surface area contributed by atoms with E-state index in [2.05, 4.69) is 24.6 Å². The molecule has 3 nitrogen and oxygen atoms in total. The summed E-state index contributed by atoms with van der Waals surface area (Å²) in [5, 5.41) is 0. The number of amides is 1. The molecule has 2 aromatic carbocycles. The number of carbonyl (C=O) groups excluding carboxylic acids is 1. The number of allylic oxidation sites excluding steroid dienone is 1. The molecule has 0 radical (unpaired) electrons. The molecule has 2 rings (SSSR count). The van der Waals surface area contributed by atoms with Crippen LogP contribution in [0.2, 0.25) is 0 Å². The van der Waals surface area contributed by atoms with Gasteiger partial charge in [0.15, 0.2) is 0 Å². The monoisotopic (exact) mass is 365 g/mol. The Balaban J connectivity index is 1.66. The molecule has 0 atom stereocenters. The molecule has 0 heterocycles. The van der Waals surface area contributed by atoms with Gasteiger partial charge in [-0.25, -0.2) is 5.48 Å². The fourth-order valence-corrected chi connectivity index (χ4v) is 2.83. The maximum atomic E-state index is 12.1. The third-order valence-electron chi connectivity index (χ3n) is 4.45. The Morgan fingerprint density at radius 3 is 2.37 bits per heavy atom. The Labute approximate surface area is 163 Å². The number of nitrogens with one attached hydrogen (secondary N) is 1. The van der Waals surface area contributed by atoms with Crippen LogP contribution < -0.4 is 5.48 Å². The molecule has 1 N–H and O–H groups in total. The van der Waals surface area contributed by atoms with Crippen LogP contribution >= 0.6 is 0 Å². The minimum atomic E-state index is -0.228. The van der Waals surface area contributed by atoms with E-state index in [1.165, 1.54) is 38.5 Å².